The monoisotopic (exact) mass is 353 g/mol. The first-order valence-corrected chi connectivity index (χ1v) is 10.2. The zero-order valence-electron chi connectivity index (χ0n) is 14.7. The summed E-state index contributed by atoms with van der Waals surface area (Å²) in [4.78, 5) is 14.4. The van der Waals surface area contributed by atoms with Crippen molar-refractivity contribution in [3.8, 4) is 0 Å². The van der Waals surface area contributed by atoms with E-state index in [4.69, 9.17) is 0 Å². The summed E-state index contributed by atoms with van der Waals surface area (Å²) < 4.78 is 24.7. The van der Waals surface area contributed by atoms with Gasteiger partial charge in [-0.2, -0.15) is 4.31 Å². The molecule has 1 aromatic rings. The maximum Gasteiger partial charge on any atom is 0.225 e. The molecule has 1 heterocycles. The number of benzene rings is 1. The molecule has 1 aromatic carbocycles. The molecule has 1 N–H and O–H groups in total. The molecular weight excluding hydrogens is 326 g/mol. The Labute approximate surface area is 144 Å². The van der Waals surface area contributed by atoms with Crippen molar-refractivity contribution >= 4 is 27.3 Å². The summed E-state index contributed by atoms with van der Waals surface area (Å²) in [5.74, 6) is -0.182. The summed E-state index contributed by atoms with van der Waals surface area (Å²) in [5, 5.41) is 2.83. The van der Waals surface area contributed by atoms with Crippen molar-refractivity contribution in [3.63, 3.8) is 0 Å². The fourth-order valence-electron chi connectivity index (χ4n) is 2.97. The standard InChI is InChI=1S/C17H27N3O3S/c1-14(2)20(24(3,22)23)13-10-17(21)18-15-6-8-16(9-7-15)19-11-4-5-12-19/h6-9,14H,4-5,10-13H2,1-3H3,(H,18,21). The smallest absolute Gasteiger partial charge is 0.225 e. The summed E-state index contributed by atoms with van der Waals surface area (Å²) >= 11 is 0. The van der Waals surface area contributed by atoms with Gasteiger partial charge in [0, 0.05) is 43.5 Å². The Morgan fingerprint density at radius 2 is 1.79 bits per heavy atom. The summed E-state index contributed by atoms with van der Waals surface area (Å²) in [5.41, 5.74) is 1.91. The third-order valence-electron chi connectivity index (χ3n) is 4.18. The predicted molar refractivity (Wildman–Crippen MR) is 97.8 cm³/mol. The minimum Gasteiger partial charge on any atom is -0.372 e. The molecule has 0 spiro atoms. The number of hydrogen-bond donors (Lipinski definition) is 1. The van der Waals surface area contributed by atoms with E-state index in [1.807, 2.05) is 24.3 Å². The van der Waals surface area contributed by atoms with E-state index in [1.165, 1.54) is 29.1 Å². The molecule has 0 saturated carbocycles. The summed E-state index contributed by atoms with van der Waals surface area (Å²) in [6.07, 6.45) is 3.76. The van der Waals surface area contributed by atoms with Crippen molar-refractivity contribution < 1.29 is 13.2 Å². The number of amides is 1. The average Bonchev–Trinajstić information content (AvgIpc) is 3.00. The van der Waals surface area contributed by atoms with Gasteiger partial charge >= 0.3 is 0 Å². The fourth-order valence-corrected chi connectivity index (χ4v) is 4.16. The zero-order chi connectivity index (χ0) is 17.7. The first kappa shape index (κ1) is 18.7. The van der Waals surface area contributed by atoms with Gasteiger partial charge in [-0.05, 0) is 51.0 Å². The molecule has 1 fully saturated rings. The molecule has 0 atom stereocenters. The molecule has 1 aliphatic rings. The van der Waals surface area contributed by atoms with Gasteiger partial charge in [0.2, 0.25) is 15.9 Å². The van der Waals surface area contributed by atoms with E-state index in [9.17, 15) is 13.2 Å². The maximum absolute atomic E-state index is 12.1. The Hall–Kier alpha value is -1.60. The number of anilines is 2. The number of nitrogens with zero attached hydrogens (tertiary/aromatic N) is 2. The maximum atomic E-state index is 12.1. The molecule has 6 nitrogen and oxygen atoms in total. The van der Waals surface area contributed by atoms with Gasteiger partial charge in [0.25, 0.3) is 0 Å². The van der Waals surface area contributed by atoms with Crippen LogP contribution in [-0.2, 0) is 14.8 Å². The van der Waals surface area contributed by atoms with Gasteiger partial charge in [-0.1, -0.05) is 0 Å². The van der Waals surface area contributed by atoms with E-state index in [-0.39, 0.29) is 24.9 Å². The molecule has 134 valence electrons. The van der Waals surface area contributed by atoms with Crippen LogP contribution in [0.4, 0.5) is 11.4 Å². The topological polar surface area (TPSA) is 69.7 Å². The Morgan fingerprint density at radius 3 is 2.29 bits per heavy atom. The van der Waals surface area contributed by atoms with Crippen LogP contribution in [-0.4, -0.2) is 50.6 Å². The van der Waals surface area contributed by atoms with E-state index >= 15 is 0 Å². The molecule has 0 bridgehead atoms. The van der Waals surface area contributed by atoms with Crippen LogP contribution >= 0.6 is 0 Å². The largest absolute Gasteiger partial charge is 0.372 e. The molecule has 1 amide bonds. The van der Waals surface area contributed by atoms with Gasteiger partial charge < -0.3 is 10.2 Å². The number of carbonyl (C=O) groups excluding carboxylic acids is 1. The van der Waals surface area contributed by atoms with Crippen LogP contribution < -0.4 is 10.2 Å². The summed E-state index contributed by atoms with van der Waals surface area (Å²) in [7, 11) is -3.30. The van der Waals surface area contributed by atoms with Gasteiger partial charge in [-0.3, -0.25) is 4.79 Å². The van der Waals surface area contributed by atoms with Crippen molar-refractivity contribution in [2.45, 2.75) is 39.2 Å². The Balaban J connectivity index is 1.87. The molecule has 1 saturated heterocycles. The van der Waals surface area contributed by atoms with Crippen molar-refractivity contribution in [1.29, 1.82) is 0 Å². The molecule has 24 heavy (non-hydrogen) atoms. The second-order valence-corrected chi connectivity index (χ2v) is 8.44. The van der Waals surface area contributed by atoms with Crippen LogP contribution in [0.5, 0.6) is 0 Å². The normalized spacial score (nSPS) is 15.3. The highest BCUT2D eigenvalue weighted by atomic mass is 32.2. The van der Waals surface area contributed by atoms with Crippen LogP contribution in [0.1, 0.15) is 33.1 Å². The van der Waals surface area contributed by atoms with E-state index in [0.29, 0.717) is 0 Å². The number of sulfonamides is 1. The molecular formula is C17H27N3O3S. The Bertz CT molecular complexity index is 650. The molecule has 1 aliphatic heterocycles. The lowest BCUT2D eigenvalue weighted by atomic mass is 10.2. The second kappa shape index (κ2) is 7.98. The zero-order valence-corrected chi connectivity index (χ0v) is 15.5. The minimum absolute atomic E-state index is 0.138. The lowest BCUT2D eigenvalue weighted by Gasteiger charge is -2.23. The highest BCUT2D eigenvalue weighted by molar-refractivity contribution is 7.88. The second-order valence-electron chi connectivity index (χ2n) is 6.51. The molecule has 0 unspecified atom stereocenters. The van der Waals surface area contributed by atoms with Gasteiger partial charge in [0.1, 0.15) is 0 Å². The number of nitrogens with one attached hydrogen (secondary N) is 1. The van der Waals surface area contributed by atoms with E-state index in [2.05, 4.69) is 10.2 Å². The summed E-state index contributed by atoms with van der Waals surface area (Å²) in [6, 6.07) is 7.65. The van der Waals surface area contributed by atoms with E-state index in [0.717, 1.165) is 18.8 Å². The van der Waals surface area contributed by atoms with Gasteiger partial charge in [-0.15, -0.1) is 0 Å². The fraction of sp³-hybridized carbons (Fsp3) is 0.588. The highest BCUT2D eigenvalue weighted by Crippen LogP contribution is 2.22. The van der Waals surface area contributed by atoms with Gasteiger partial charge in [-0.25, -0.2) is 8.42 Å². The molecule has 0 aromatic heterocycles. The van der Waals surface area contributed by atoms with Crippen molar-refractivity contribution in [3.05, 3.63) is 24.3 Å². The number of hydrogen-bond acceptors (Lipinski definition) is 4. The average molecular weight is 353 g/mol. The quantitative estimate of drug-likeness (QED) is 0.816. The lowest BCUT2D eigenvalue weighted by molar-refractivity contribution is -0.116. The molecule has 0 aliphatic carbocycles. The third-order valence-corrected chi connectivity index (χ3v) is 5.64. The van der Waals surface area contributed by atoms with Crippen molar-refractivity contribution in [2.75, 3.05) is 36.1 Å². The first-order chi connectivity index (χ1) is 11.3. The van der Waals surface area contributed by atoms with E-state index < -0.39 is 10.0 Å². The molecule has 7 heteroatoms. The van der Waals surface area contributed by atoms with Crippen LogP contribution in [0.15, 0.2) is 24.3 Å². The van der Waals surface area contributed by atoms with Crippen LogP contribution in [0.2, 0.25) is 0 Å². The number of rotatable bonds is 7. The molecule has 2 rings (SSSR count). The van der Waals surface area contributed by atoms with Crippen LogP contribution in [0, 0.1) is 0 Å². The van der Waals surface area contributed by atoms with Crippen LogP contribution in [0.3, 0.4) is 0 Å². The highest BCUT2D eigenvalue weighted by Gasteiger charge is 2.20. The van der Waals surface area contributed by atoms with E-state index in [1.54, 1.807) is 13.8 Å². The van der Waals surface area contributed by atoms with Crippen molar-refractivity contribution in [1.82, 2.24) is 4.31 Å². The summed E-state index contributed by atoms with van der Waals surface area (Å²) in [6.45, 7) is 5.96. The molecule has 0 radical (unpaired) electrons. The number of carbonyl (C=O) groups is 1. The van der Waals surface area contributed by atoms with Crippen LogP contribution in [0.25, 0.3) is 0 Å². The van der Waals surface area contributed by atoms with Gasteiger partial charge in [0.15, 0.2) is 0 Å². The third kappa shape index (κ3) is 5.21. The van der Waals surface area contributed by atoms with Gasteiger partial charge in [0.05, 0.1) is 6.26 Å². The minimum atomic E-state index is -3.30. The first-order valence-electron chi connectivity index (χ1n) is 8.39. The SMILES string of the molecule is CC(C)N(CCC(=O)Nc1ccc(N2CCCC2)cc1)S(C)(=O)=O. The van der Waals surface area contributed by atoms with Crippen molar-refractivity contribution in [2.24, 2.45) is 0 Å². The predicted octanol–water partition coefficient (Wildman–Crippen LogP) is 2.29. The lowest BCUT2D eigenvalue weighted by Crippen LogP contribution is -2.38. The Morgan fingerprint density at radius 1 is 1.21 bits per heavy atom. The Kier molecular flexibility index (Phi) is 6.23.